The van der Waals surface area contributed by atoms with Crippen LogP contribution < -0.4 is 4.57 Å². The summed E-state index contributed by atoms with van der Waals surface area (Å²) in [6.45, 7) is 2.18. The van der Waals surface area contributed by atoms with Crippen molar-refractivity contribution in [1.82, 2.24) is 0 Å². The molecule has 0 spiro atoms. The summed E-state index contributed by atoms with van der Waals surface area (Å²) in [6.07, 6.45) is 5.30. The Balaban J connectivity index is 2.61. The monoisotopic (exact) mass is 120 g/mol. The van der Waals surface area contributed by atoms with Crippen molar-refractivity contribution in [2.24, 2.45) is 0 Å². The number of pyridine rings is 1. The SMILES string of the molecule is CBC[n+]1ccccc1. The predicted molar refractivity (Wildman–Crippen MR) is 39.7 cm³/mol. The van der Waals surface area contributed by atoms with Gasteiger partial charge in [0.1, 0.15) is 6.44 Å². The lowest BCUT2D eigenvalue weighted by atomic mass is 9.83. The number of rotatable bonds is 2. The first-order valence-corrected chi connectivity index (χ1v) is 3.37. The molecule has 1 heterocycles. The van der Waals surface area contributed by atoms with Gasteiger partial charge in [0.15, 0.2) is 12.4 Å². The molecule has 0 N–H and O–H groups in total. The molecule has 0 aliphatic rings. The molecular formula is C7H11BN+. The smallest absolute Gasteiger partial charge is 0.202 e. The molecule has 0 unspecified atom stereocenters. The van der Waals surface area contributed by atoms with Crippen LogP contribution in [-0.2, 0) is 6.44 Å². The quantitative estimate of drug-likeness (QED) is 0.393. The molecule has 1 aromatic heterocycles. The highest BCUT2D eigenvalue weighted by Gasteiger charge is 1.92. The first-order valence-electron chi connectivity index (χ1n) is 3.37. The van der Waals surface area contributed by atoms with Crippen molar-refractivity contribution in [3.63, 3.8) is 0 Å². The molecule has 0 saturated heterocycles. The number of aromatic nitrogens is 1. The Morgan fingerprint density at radius 3 is 2.44 bits per heavy atom. The molecule has 0 amide bonds. The molecule has 1 nitrogen and oxygen atoms in total. The van der Waals surface area contributed by atoms with Crippen molar-refractivity contribution >= 4 is 7.28 Å². The van der Waals surface area contributed by atoms with E-state index in [4.69, 9.17) is 0 Å². The zero-order valence-corrected chi connectivity index (χ0v) is 5.75. The van der Waals surface area contributed by atoms with E-state index >= 15 is 0 Å². The Bertz CT molecular complexity index is 162. The fraction of sp³-hybridized carbons (Fsp3) is 0.286. The van der Waals surface area contributed by atoms with Gasteiger partial charge in [0, 0.05) is 12.1 Å². The molecule has 0 saturated carbocycles. The summed E-state index contributed by atoms with van der Waals surface area (Å²) >= 11 is 0. The zero-order valence-electron chi connectivity index (χ0n) is 5.75. The van der Waals surface area contributed by atoms with Gasteiger partial charge in [-0.3, -0.25) is 0 Å². The largest absolute Gasteiger partial charge is 0.214 e. The number of hydrogen-bond acceptors (Lipinski definition) is 0. The summed E-state index contributed by atoms with van der Waals surface area (Å²) < 4.78 is 2.18. The Labute approximate surface area is 56.6 Å². The van der Waals surface area contributed by atoms with Gasteiger partial charge in [-0.1, -0.05) is 12.9 Å². The molecule has 0 fully saturated rings. The molecular weight excluding hydrogens is 109 g/mol. The molecule has 2 heteroatoms. The van der Waals surface area contributed by atoms with Crippen LogP contribution >= 0.6 is 0 Å². The van der Waals surface area contributed by atoms with E-state index in [1.165, 1.54) is 7.28 Å². The number of hydrogen-bond donors (Lipinski definition) is 0. The van der Waals surface area contributed by atoms with Crippen LogP contribution in [0.5, 0.6) is 0 Å². The highest BCUT2D eigenvalue weighted by molar-refractivity contribution is 6.31. The van der Waals surface area contributed by atoms with Crippen molar-refractivity contribution in [2.45, 2.75) is 13.3 Å². The van der Waals surface area contributed by atoms with Gasteiger partial charge in [0.25, 0.3) is 0 Å². The summed E-state index contributed by atoms with van der Waals surface area (Å²) in [4.78, 5) is 0. The Kier molecular flexibility index (Phi) is 2.31. The van der Waals surface area contributed by atoms with Crippen LogP contribution in [0.1, 0.15) is 0 Å². The van der Waals surface area contributed by atoms with E-state index in [2.05, 4.69) is 35.9 Å². The minimum absolute atomic E-state index is 1.13. The average molecular weight is 120 g/mol. The highest BCUT2D eigenvalue weighted by atomic mass is 14.9. The third-order valence-corrected chi connectivity index (χ3v) is 1.26. The van der Waals surface area contributed by atoms with Crippen LogP contribution in [0, 0.1) is 0 Å². The van der Waals surface area contributed by atoms with Crippen LogP contribution in [0.15, 0.2) is 30.6 Å². The lowest BCUT2D eigenvalue weighted by Crippen LogP contribution is -2.34. The molecule has 0 aromatic carbocycles. The van der Waals surface area contributed by atoms with Gasteiger partial charge in [-0.25, -0.2) is 4.57 Å². The standard InChI is InChI=1S/C7H11BN/c1-8-7-9-5-3-2-4-6-9/h2-6,8H,7H2,1H3/q+1. The van der Waals surface area contributed by atoms with Gasteiger partial charge in [-0.05, 0) is 0 Å². The van der Waals surface area contributed by atoms with Crippen molar-refractivity contribution in [1.29, 1.82) is 0 Å². The Morgan fingerprint density at radius 1 is 1.22 bits per heavy atom. The van der Waals surface area contributed by atoms with E-state index in [9.17, 15) is 0 Å². The van der Waals surface area contributed by atoms with Crippen molar-refractivity contribution in [2.75, 3.05) is 0 Å². The predicted octanol–water partition coefficient (Wildman–Crippen LogP) is 0.416. The summed E-state index contributed by atoms with van der Waals surface area (Å²) in [7, 11) is 1.20. The number of nitrogens with zero attached hydrogens (tertiary/aromatic N) is 1. The second kappa shape index (κ2) is 3.28. The summed E-state index contributed by atoms with van der Waals surface area (Å²) in [5.41, 5.74) is 0. The molecule has 0 atom stereocenters. The second-order valence-corrected chi connectivity index (χ2v) is 2.11. The van der Waals surface area contributed by atoms with Crippen LogP contribution in [0.25, 0.3) is 0 Å². The molecule has 0 bridgehead atoms. The third-order valence-electron chi connectivity index (χ3n) is 1.26. The highest BCUT2D eigenvalue weighted by Crippen LogP contribution is 1.75. The first kappa shape index (κ1) is 6.34. The van der Waals surface area contributed by atoms with Crippen molar-refractivity contribution in [3.8, 4) is 0 Å². The molecule has 0 aliphatic carbocycles. The Hall–Kier alpha value is -0.785. The van der Waals surface area contributed by atoms with E-state index in [1.807, 2.05) is 6.07 Å². The minimum Gasteiger partial charge on any atom is -0.214 e. The maximum absolute atomic E-state index is 2.18. The van der Waals surface area contributed by atoms with Gasteiger partial charge in [-0.15, -0.1) is 0 Å². The van der Waals surface area contributed by atoms with Crippen molar-refractivity contribution in [3.05, 3.63) is 30.6 Å². The fourth-order valence-corrected chi connectivity index (χ4v) is 0.842. The van der Waals surface area contributed by atoms with E-state index < -0.39 is 0 Å². The molecule has 46 valence electrons. The minimum atomic E-state index is 1.13. The summed E-state index contributed by atoms with van der Waals surface area (Å²) in [6, 6.07) is 6.14. The van der Waals surface area contributed by atoms with E-state index in [1.54, 1.807) is 0 Å². The van der Waals surface area contributed by atoms with Crippen LogP contribution in [0.4, 0.5) is 0 Å². The maximum Gasteiger partial charge on any atom is 0.202 e. The molecule has 0 aliphatic heterocycles. The molecule has 1 aromatic rings. The van der Waals surface area contributed by atoms with Gasteiger partial charge in [-0.2, -0.15) is 0 Å². The second-order valence-electron chi connectivity index (χ2n) is 2.11. The van der Waals surface area contributed by atoms with Gasteiger partial charge in [0.2, 0.25) is 7.28 Å². The molecule has 0 radical (unpaired) electrons. The van der Waals surface area contributed by atoms with Crippen LogP contribution in [0.3, 0.4) is 0 Å². The topological polar surface area (TPSA) is 3.88 Å². The van der Waals surface area contributed by atoms with E-state index in [-0.39, 0.29) is 0 Å². The fourth-order valence-electron chi connectivity index (χ4n) is 0.842. The lowest BCUT2D eigenvalue weighted by Gasteiger charge is -1.88. The molecule has 9 heavy (non-hydrogen) atoms. The lowest BCUT2D eigenvalue weighted by molar-refractivity contribution is -0.679. The third kappa shape index (κ3) is 1.88. The zero-order chi connectivity index (χ0) is 6.53. The average Bonchev–Trinajstić information content (AvgIpc) is 1.91. The van der Waals surface area contributed by atoms with Crippen LogP contribution in [-0.4, -0.2) is 7.28 Å². The summed E-state index contributed by atoms with van der Waals surface area (Å²) in [5.74, 6) is 0. The first-order chi connectivity index (χ1) is 4.43. The summed E-state index contributed by atoms with van der Waals surface area (Å²) in [5, 5.41) is 0. The maximum atomic E-state index is 2.18. The van der Waals surface area contributed by atoms with Crippen LogP contribution in [0.2, 0.25) is 6.82 Å². The van der Waals surface area contributed by atoms with E-state index in [0.717, 1.165) is 6.44 Å². The van der Waals surface area contributed by atoms with Gasteiger partial charge < -0.3 is 0 Å². The van der Waals surface area contributed by atoms with Crippen molar-refractivity contribution < 1.29 is 4.57 Å². The van der Waals surface area contributed by atoms with Gasteiger partial charge >= 0.3 is 0 Å². The molecule has 1 rings (SSSR count). The van der Waals surface area contributed by atoms with E-state index in [0.29, 0.717) is 0 Å². The Morgan fingerprint density at radius 2 is 1.89 bits per heavy atom. The van der Waals surface area contributed by atoms with Gasteiger partial charge in [0.05, 0.1) is 0 Å². The normalized spacial score (nSPS) is 9.00.